The van der Waals surface area contributed by atoms with Crippen molar-refractivity contribution in [1.82, 2.24) is 4.31 Å². The Kier molecular flexibility index (Phi) is 10.8. The molecule has 0 atom stereocenters. The van der Waals surface area contributed by atoms with E-state index in [1.54, 1.807) is 45.0 Å². The molecule has 9 nitrogen and oxygen atoms in total. The number of piperidine rings is 1. The zero-order chi connectivity index (χ0) is 31.4. The van der Waals surface area contributed by atoms with Crippen LogP contribution in [0, 0.1) is 0 Å². The largest absolute Gasteiger partial charge is 0.479 e. The van der Waals surface area contributed by atoms with Gasteiger partial charge in [-0.25, -0.2) is 22.3 Å². The fraction of sp³-hybridized carbons (Fsp3) is 0.400. The Balaban J connectivity index is 1.44. The molecule has 0 aliphatic carbocycles. The average molecular weight is 714 g/mol. The maximum absolute atomic E-state index is 13.0. The van der Waals surface area contributed by atoms with Gasteiger partial charge >= 0.3 is 11.9 Å². The lowest BCUT2D eigenvalue weighted by Gasteiger charge is -2.32. The summed E-state index contributed by atoms with van der Waals surface area (Å²) in [5, 5.41) is 3.97. The molecule has 0 bridgehead atoms. The lowest BCUT2D eigenvalue weighted by atomic mass is 10.1. The van der Waals surface area contributed by atoms with Gasteiger partial charge in [-0.1, -0.05) is 41.9 Å². The highest BCUT2D eigenvalue weighted by atomic mass is 79.9. The van der Waals surface area contributed by atoms with Crippen LogP contribution in [0.4, 0.5) is 5.69 Å². The molecule has 0 saturated carbocycles. The summed E-state index contributed by atoms with van der Waals surface area (Å²) in [7, 11) is -2.21. The first-order valence-electron chi connectivity index (χ1n) is 13.6. The molecule has 1 aliphatic rings. The smallest absolute Gasteiger partial charge is 0.351 e. The van der Waals surface area contributed by atoms with Crippen LogP contribution in [-0.4, -0.2) is 63.1 Å². The van der Waals surface area contributed by atoms with Gasteiger partial charge in [0.25, 0.3) is 0 Å². The van der Waals surface area contributed by atoms with Crippen LogP contribution >= 0.6 is 38.9 Å². The van der Waals surface area contributed by atoms with E-state index in [4.69, 9.17) is 25.8 Å². The van der Waals surface area contributed by atoms with E-state index in [2.05, 4.69) is 21.2 Å². The number of nitrogens with zero attached hydrogens (tertiary/aromatic N) is 1. The first kappa shape index (κ1) is 33.3. The predicted octanol–water partition coefficient (Wildman–Crippen LogP) is 6.74. The molecule has 0 amide bonds. The van der Waals surface area contributed by atoms with Crippen molar-refractivity contribution in [2.75, 3.05) is 32.1 Å². The van der Waals surface area contributed by atoms with Gasteiger partial charge in [0.15, 0.2) is 17.2 Å². The summed E-state index contributed by atoms with van der Waals surface area (Å²) in [4.78, 5) is 25.8. The summed E-state index contributed by atoms with van der Waals surface area (Å²) >= 11 is 10.9. The molecule has 1 saturated heterocycles. The first-order chi connectivity index (χ1) is 20.3. The molecule has 4 rings (SSSR count). The number of esters is 2. The number of thiophene rings is 1. The second kappa shape index (κ2) is 14.0. The van der Waals surface area contributed by atoms with Gasteiger partial charge in [0.2, 0.25) is 10.0 Å². The van der Waals surface area contributed by atoms with Gasteiger partial charge in [-0.15, -0.1) is 11.3 Å². The molecular formula is C30H34BrClN2O7S2. The SMILES string of the molecule is COC(=O)c1sc(-c2cccc(NC3CCN(S(=O)(=O)Cc4ccccc4Cl)CC3)c2)c(Br)c1OCC(=O)OC(C)(C)C. The topological polar surface area (TPSA) is 111 Å². The quantitative estimate of drug-likeness (QED) is 0.230. The zero-order valence-corrected chi connectivity index (χ0v) is 28.3. The Labute approximate surface area is 269 Å². The van der Waals surface area contributed by atoms with E-state index < -0.39 is 27.6 Å². The fourth-order valence-corrected chi connectivity index (χ4v) is 8.45. The number of halogens is 2. The van der Waals surface area contributed by atoms with Crippen molar-refractivity contribution in [2.24, 2.45) is 0 Å². The third kappa shape index (κ3) is 8.72. The Morgan fingerprint density at radius 3 is 2.47 bits per heavy atom. The highest BCUT2D eigenvalue weighted by Crippen LogP contribution is 2.46. The van der Waals surface area contributed by atoms with Gasteiger partial charge in [0.1, 0.15) is 5.60 Å². The third-order valence-electron chi connectivity index (χ3n) is 6.57. The number of nitrogens with one attached hydrogen (secondary N) is 1. The minimum absolute atomic E-state index is 0.0761. The Hall–Kier alpha value is -2.64. The van der Waals surface area contributed by atoms with E-state index in [1.807, 2.05) is 24.3 Å². The van der Waals surface area contributed by atoms with Crippen LogP contribution < -0.4 is 10.1 Å². The molecule has 2 heterocycles. The number of anilines is 1. The molecule has 3 aromatic rings. The number of methoxy groups -OCH3 is 1. The summed E-state index contributed by atoms with van der Waals surface area (Å²) < 4.78 is 44.1. The van der Waals surface area contributed by atoms with Crippen molar-refractivity contribution in [3.8, 4) is 16.2 Å². The van der Waals surface area contributed by atoms with Gasteiger partial charge in [0, 0.05) is 29.8 Å². The number of carbonyl (C=O) groups excluding carboxylic acids is 2. The predicted molar refractivity (Wildman–Crippen MR) is 172 cm³/mol. The molecule has 0 radical (unpaired) electrons. The number of benzene rings is 2. The van der Waals surface area contributed by atoms with Crippen LogP contribution in [0.1, 0.15) is 48.8 Å². The molecule has 43 heavy (non-hydrogen) atoms. The summed E-state index contributed by atoms with van der Waals surface area (Å²) in [6, 6.07) is 14.8. The van der Waals surface area contributed by atoms with E-state index >= 15 is 0 Å². The van der Waals surface area contributed by atoms with Crippen molar-refractivity contribution in [3.63, 3.8) is 0 Å². The highest BCUT2D eigenvalue weighted by Gasteiger charge is 2.29. The standard InChI is InChI=1S/C30H34BrClN2O7S2/c1-30(2,3)41-24(35)17-40-26-25(31)27(42-28(26)29(36)39-4)19-9-7-10-22(16-19)33-21-12-14-34(15-13-21)43(37,38)18-20-8-5-6-11-23(20)32/h5-11,16,21,33H,12-15,17-18H2,1-4H3. The number of hydrogen-bond donors (Lipinski definition) is 1. The molecular weight excluding hydrogens is 680 g/mol. The number of carbonyl (C=O) groups is 2. The number of ether oxygens (including phenoxy) is 3. The molecule has 2 aromatic carbocycles. The highest BCUT2D eigenvalue weighted by molar-refractivity contribution is 9.10. The molecule has 0 unspecified atom stereocenters. The summed E-state index contributed by atoms with van der Waals surface area (Å²) in [5.41, 5.74) is 1.59. The monoisotopic (exact) mass is 712 g/mol. The van der Waals surface area contributed by atoms with Crippen molar-refractivity contribution < 1.29 is 32.2 Å². The lowest BCUT2D eigenvalue weighted by Crippen LogP contribution is -2.42. The minimum Gasteiger partial charge on any atom is -0.479 e. The van der Waals surface area contributed by atoms with Crippen LogP contribution in [0.15, 0.2) is 53.0 Å². The van der Waals surface area contributed by atoms with Crippen molar-refractivity contribution in [2.45, 2.75) is 51.0 Å². The van der Waals surface area contributed by atoms with Gasteiger partial charge in [-0.2, -0.15) is 0 Å². The number of sulfonamides is 1. The maximum atomic E-state index is 13.0. The first-order valence-corrected chi connectivity index (χ1v) is 17.2. The molecule has 232 valence electrons. The second-order valence-corrected chi connectivity index (χ2v) is 15.2. The Bertz CT molecular complexity index is 1580. The van der Waals surface area contributed by atoms with Crippen LogP contribution in [0.5, 0.6) is 5.75 Å². The third-order valence-corrected chi connectivity index (χ3v) is 11.0. The van der Waals surface area contributed by atoms with Crippen LogP contribution in [0.2, 0.25) is 5.02 Å². The average Bonchev–Trinajstić information content (AvgIpc) is 3.28. The summed E-state index contributed by atoms with van der Waals surface area (Å²) in [6.07, 6.45) is 1.29. The van der Waals surface area contributed by atoms with Crippen molar-refractivity contribution >= 4 is 66.5 Å². The van der Waals surface area contributed by atoms with E-state index in [-0.39, 0.29) is 29.0 Å². The minimum atomic E-state index is -3.49. The number of hydrogen-bond acceptors (Lipinski definition) is 9. The van der Waals surface area contributed by atoms with E-state index in [0.29, 0.717) is 41.0 Å². The molecule has 0 spiro atoms. The van der Waals surface area contributed by atoms with Crippen molar-refractivity contribution in [1.29, 1.82) is 0 Å². The lowest BCUT2D eigenvalue weighted by molar-refractivity contribution is -0.157. The summed E-state index contributed by atoms with van der Waals surface area (Å²) in [5.74, 6) is -1.06. The molecule has 1 aromatic heterocycles. The van der Waals surface area contributed by atoms with Crippen molar-refractivity contribution in [3.05, 3.63) is 68.5 Å². The Morgan fingerprint density at radius 1 is 1.12 bits per heavy atom. The normalized spacial score (nSPS) is 14.7. The van der Waals surface area contributed by atoms with E-state index in [9.17, 15) is 18.0 Å². The Morgan fingerprint density at radius 2 is 1.81 bits per heavy atom. The van der Waals surface area contributed by atoms with Gasteiger partial charge in [-0.05, 0) is 78.9 Å². The number of rotatable bonds is 10. The second-order valence-electron chi connectivity index (χ2n) is 11.0. The van der Waals surface area contributed by atoms with Gasteiger partial charge in [-0.3, -0.25) is 0 Å². The molecule has 1 aliphatic heterocycles. The molecule has 1 N–H and O–H groups in total. The fourth-order valence-electron chi connectivity index (χ4n) is 4.61. The molecule has 13 heteroatoms. The van der Waals surface area contributed by atoms with Gasteiger partial charge < -0.3 is 19.5 Å². The maximum Gasteiger partial charge on any atom is 0.351 e. The van der Waals surface area contributed by atoms with Gasteiger partial charge in [0.05, 0.1) is 22.2 Å². The summed E-state index contributed by atoms with van der Waals surface area (Å²) in [6.45, 7) is 5.72. The van der Waals surface area contributed by atoms with Crippen LogP contribution in [0.25, 0.3) is 10.4 Å². The van der Waals surface area contributed by atoms with E-state index in [1.165, 1.54) is 22.8 Å². The zero-order valence-electron chi connectivity index (χ0n) is 24.3. The van der Waals surface area contributed by atoms with Crippen LogP contribution in [0.3, 0.4) is 0 Å². The van der Waals surface area contributed by atoms with E-state index in [0.717, 1.165) is 16.1 Å². The van der Waals surface area contributed by atoms with Crippen LogP contribution in [-0.2, 0) is 30.0 Å². The molecule has 1 fully saturated rings.